The van der Waals surface area contributed by atoms with Crippen LogP contribution < -0.4 is 8.35 Å². The Morgan fingerprint density at radius 2 is 2.00 bits per heavy atom. The minimum absolute atomic E-state index is 0.433. The second-order valence-corrected chi connectivity index (χ2v) is 20.5. The molecule has 3 fully saturated rings. The summed E-state index contributed by atoms with van der Waals surface area (Å²) in [6, 6.07) is 8.57. The van der Waals surface area contributed by atoms with Crippen molar-refractivity contribution in [2.75, 3.05) is 7.11 Å². The van der Waals surface area contributed by atoms with Gasteiger partial charge in [-0.2, -0.15) is 0 Å². The predicted octanol–water partition coefficient (Wildman–Crippen LogP) is 3.96. The van der Waals surface area contributed by atoms with E-state index >= 15 is 0 Å². The van der Waals surface area contributed by atoms with Gasteiger partial charge in [0.1, 0.15) is 0 Å². The number of benzene rings is 1. The summed E-state index contributed by atoms with van der Waals surface area (Å²) in [5.41, 5.74) is 0.883. The Bertz CT molecular complexity index is 573. The summed E-state index contributed by atoms with van der Waals surface area (Å²) in [5, 5.41) is 0. The van der Waals surface area contributed by atoms with Gasteiger partial charge in [-0.3, -0.25) is 0 Å². The van der Waals surface area contributed by atoms with E-state index in [0.29, 0.717) is 16.9 Å². The van der Waals surface area contributed by atoms with Crippen LogP contribution in [0.5, 0.6) is 5.75 Å². The molecule has 0 N–H and O–H groups in total. The van der Waals surface area contributed by atoms with Crippen LogP contribution >= 0.6 is 12.8 Å². The third-order valence-corrected chi connectivity index (χ3v) is 18.4. The first kappa shape index (κ1) is 14.8. The Balaban J connectivity index is 1.69. The number of hydrogen-bond donors (Lipinski definition) is 0. The zero-order valence-electron chi connectivity index (χ0n) is 12.9. The average Bonchev–Trinajstić information content (AvgIpc) is 2.99. The van der Waals surface area contributed by atoms with Crippen molar-refractivity contribution in [3.8, 4) is 5.75 Å². The first-order valence-electron chi connectivity index (χ1n) is 7.74. The SMILES string of the molecule is COc1ccc([Te]2(Br)CC34CCC(CC3O2)C4(C)C)cc1. The van der Waals surface area contributed by atoms with Gasteiger partial charge < -0.3 is 0 Å². The van der Waals surface area contributed by atoms with Gasteiger partial charge in [0.2, 0.25) is 0 Å². The summed E-state index contributed by atoms with van der Waals surface area (Å²) in [6.07, 6.45) is 4.54. The molecule has 1 aliphatic heterocycles. The van der Waals surface area contributed by atoms with E-state index in [1.54, 1.807) is 7.11 Å². The fraction of sp³-hybridized carbons (Fsp3) is 0.647. The van der Waals surface area contributed by atoms with E-state index in [9.17, 15) is 0 Å². The maximum atomic E-state index is 6.76. The average molecular weight is 467 g/mol. The molecule has 4 unspecified atom stereocenters. The van der Waals surface area contributed by atoms with Gasteiger partial charge in [0.25, 0.3) is 0 Å². The zero-order valence-corrected chi connectivity index (χ0v) is 16.8. The molecule has 4 rings (SSSR count). The summed E-state index contributed by atoms with van der Waals surface area (Å²) in [5.74, 6) is 1.80. The molecule has 1 heterocycles. The number of halogens is 1. The number of ether oxygens (including phenoxy) is 1. The molecule has 0 radical (unpaired) electrons. The molecule has 2 bridgehead atoms. The van der Waals surface area contributed by atoms with E-state index in [1.807, 2.05) is 0 Å². The van der Waals surface area contributed by atoms with E-state index in [0.717, 1.165) is 11.7 Å². The molecule has 1 aromatic carbocycles. The molecule has 21 heavy (non-hydrogen) atoms. The third kappa shape index (κ3) is 1.86. The molecule has 116 valence electrons. The second-order valence-electron chi connectivity index (χ2n) is 7.35. The van der Waals surface area contributed by atoms with Crippen molar-refractivity contribution in [2.45, 2.75) is 43.7 Å². The first-order chi connectivity index (χ1) is 9.91. The van der Waals surface area contributed by atoms with E-state index in [4.69, 9.17) is 7.84 Å². The summed E-state index contributed by atoms with van der Waals surface area (Å²) in [4.78, 5) is 0. The zero-order chi connectivity index (χ0) is 14.9. The van der Waals surface area contributed by atoms with Gasteiger partial charge in [0, 0.05) is 0 Å². The van der Waals surface area contributed by atoms with Crippen molar-refractivity contribution in [1.82, 2.24) is 0 Å². The van der Waals surface area contributed by atoms with Crippen molar-refractivity contribution in [3.63, 3.8) is 0 Å². The van der Waals surface area contributed by atoms with Crippen LogP contribution in [0.2, 0.25) is 4.47 Å². The second kappa shape index (κ2) is 4.63. The van der Waals surface area contributed by atoms with E-state index in [-0.39, 0.29) is 0 Å². The van der Waals surface area contributed by atoms with Gasteiger partial charge in [0.15, 0.2) is 0 Å². The van der Waals surface area contributed by atoms with Crippen LogP contribution in [-0.2, 0) is 3.10 Å². The molecule has 1 saturated heterocycles. The normalized spacial score (nSPS) is 46.1. The Morgan fingerprint density at radius 1 is 1.29 bits per heavy atom. The third-order valence-electron chi connectivity index (χ3n) is 6.48. The maximum absolute atomic E-state index is 6.76. The molecular weight excluding hydrogens is 444 g/mol. The molecule has 4 atom stereocenters. The van der Waals surface area contributed by atoms with Gasteiger partial charge in [-0.15, -0.1) is 0 Å². The summed E-state index contributed by atoms with van der Waals surface area (Å²) in [6.45, 7) is 4.98. The Labute approximate surface area is 137 Å². The molecule has 2 aliphatic carbocycles. The Kier molecular flexibility index (Phi) is 3.27. The van der Waals surface area contributed by atoms with Crippen LogP contribution in [0.4, 0.5) is 0 Å². The number of fused-ring (bicyclic) bond motifs is 1. The number of rotatable bonds is 2. The van der Waals surface area contributed by atoms with Gasteiger partial charge >= 0.3 is 138 Å². The molecule has 1 aromatic rings. The summed E-state index contributed by atoms with van der Waals surface area (Å²) < 4.78 is 14.7. The fourth-order valence-corrected chi connectivity index (χ4v) is 18.6. The van der Waals surface area contributed by atoms with Crippen LogP contribution in [0.1, 0.15) is 33.1 Å². The Morgan fingerprint density at radius 3 is 2.57 bits per heavy atom. The van der Waals surface area contributed by atoms with Gasteiger partial charge in [-0.25, -0.2) is 0 Å². The molecule has 1 spiro atoms. The van der Waals surface area contributed by atoms with Crippen molar-refractivity contribution >= 4 is 32.8 Å². The van der Waals surface area contributed by atoms with E-state index < -0.39 is 16.4 Å². The molecular formula is C17H23BrO2Te. The molecule has 3 aliphatic rings. The van der Waals surface area contributed by atoms with Crippen molar-refractivity contribution in [2.24, 2.45) is 16.7 Å². The van der Waals surface area contributed by atoms with Gasteiger partial charge in [-0.1, -0.05) is 0 Å². The van der Waals surface area contributed by atoms with E-state index in [2.05, 4.69) is 50.9 Å². The number of hydrogen-bond acceptors (Lipinski definition) is 2. The van der Waals surface area contributed by atoms with Gasteiger partial charge in [0.05, 0.1) is 0 Å². The molecule has 0 amide bonds. The summed E-state index contributed by atoms with van der Waals surface area (Å²) in [7, 11) is 1.72. The Hall–Kier alpha value is 0.250. The molecule has 2 nitrogen and oxygen atoms in total. The molecule has 4 heteroatoms. The molecule has 0 aromatic heterocycles. The number of methoxy groups -OCH3 is 1. The quantitative estimate of drug-likeness (QED) is 0.614. The minimum atomic E-state index is -2.61. The molecule has 2 saturated carbocycles. The van der Waals surface area contributed by atoms with Crippen LogP contribution in [-0.4, -0.2) is 29.6 Å². The van der Waals surface area contributed by atoms with Crippen LogP contribution in [0, 0.1) is 16.7 Å². The van der Waals surface area contributed by atoms with Gasteiger partial charge in [-0.05, 0) is 0 Å². The fourth-order valence-electron chi connectivity index (χ4n) is 4.94. The summed E-state index contributed by atoms with van der Waals surface area (Å²) >= 11 is 1.52. The van der Waals surface area contributed by atoms with Crippen LogP contribution in [0.15, 0.2) is 24.3 Å². The predicted molar refractivity (Wildman–Crippen MR) is 90.5 cm³/mol. The first-order valence-corrected chi connectivity index (χ1v) is 16.7. The standard InChI is InChI=1S/C17H23BrO2Te/c1-16(2)12-8-9-17(16)11-21(18,20-15(17)10-12)14-6-4-13(19-3)5-7-14/h4-7,12,15H,8-11H2,1-3H3. The van der Waals surface area contributed by atoms with Crippen molar-refractivity contribution < 1.29 is 7.84 Å². The van der Waals surface area contributed by atoms with E-state index in [1.165, 1.54) is 27.3 Å². The monoisotopic (exact) mass is 468 g/mol. The topological polar surface area (TPSA) is 18.5 Å². The van der Waals surface area contributed by atoms with Crippen LogP contribution in [0.25, 0.3) is 0 Å². The van der Waals surface area contributed by atoms with Crippen molar-refractivity contribution in [3.05, 3.63) is 24.3 Å². The van der Waals surface area contributed by atoms with Crippen LogP contribution in [0.3, 0.4) is 0 Å². The van der Waals surface area contributed by atoms with Crippen molar-refractivity contribution in [1.29, 1.82) is 0 Å².